The van der Waals surface area contributed by atoms with Crippen molar-refractivity contribution in [3.8, 4) is 0 Å². The molecule has 1 rings (SSSR count). The van der Waals surface area contributed by atoms with E-state index in [0.717, 1.165) is 11.4 Å². The summed E-state index contributed by atoms with van der Waals surface area (Å²) in [5.74, 6) is 0. The largest absolute Gasteiger partial charge is 0.297 e. The summed E-state index contributed by atoms with van der Waals surface area (Å²) >= 11 is 0. The Hall–Kier alpha value is -0.560. The number of hydrogen-bond donors (Lipinski definition) is 0. The van der Waals surface area contributed by atoms with Crippen molar-refractivity contribution in [1.29, 1.82) is 0 Å². The van der Waals surface area contributed by atoms with Gasteiger partial charge < -0.3 is 0 Å². The van der Waals surface area contributed by atoms with Crippen LogP contribution in [0, 0.1) is 10.8 Å². The number of nitrogens with zero attached hydrogens (tertiary/aromatic N) is 2. The molecule has 1 unspecified atom stereocenters. The topological polar surface area (TPSA) is 32.7 Å². The number of rotatable bonds is 1. The molecule has 0 saturated carbocycles. The van der Waals surface area contributed by atoms with Crippen molar-refractivity contribution >= 4 is 13.0 Å². The van der Waals surface area contributed by atoms with Gasteiger partial charge in [0.25, 0.3) is 0 Å². The molecule has 20 heavy (non-hydrogen) atoms. The molecule has 0 aromatic rings. The lowest BCUT2D eigenvalue weighted by Crippen LogP contribution is -2.29. The van der Waals surface area contributed by atoms with Gasteiger partial charge in [0.15, 0.2) is 0 Å². The highest BCUT2D eigenvalue weighted by atomic mass is 31.2. The van der Waals surface area contributed by atoms with Gasteiger partial charge in [-0.1, -0.05) is 68.9 Å². The van der Waals surface area contributed by atoms with Crippen LogP contribution in [0.2, 0.25) is 0 Å². The van der Waals surface area contributed by atoms with E-state index < -0.39 is 7.29 Å². The fourth-order valence-corrected chi connectivity index (χ4v) is 5.01. The van der Waals surface area contributed by atoms with E-state index in [-0.39, 0.29) is 16.0 Å². The average Bonchev–Trinajstić information content (AvgIpc) is 2.53. The second-order valence-corrected chi connectivity index (χ2v) is 12.3. The Morgan fingerprint density at radius 2 is 1.55 bits per heavy atom. The van der Waals surface area contributed by atoms with Crippen LogP contribution in [0.5, 0.6) is 0 Å². The van der Waals surface area contributed by atoms with Crippen molar-refractivity contribution in [3.63, 3.8) is 0 Å². The minimum absolute atomic E-state index is 0.0617. The summed E-state index contributed by atoms with van der Waals surface area (Å²) in [7, 11) is -2.64. The number of allylic oxidation sites excluding steroid dienone is 1. The molecule has 0 spiro atoms. The van der Waals surface area contributed by atoms with Crippen LogP contribution in [0.1, 0.15) is 62.3 Å². The highest BCUT2D eigenvalue weighted by Gasteiger charge is 2.50. The molecule has 4 heteroatoms. The Morgan fingerprint density at radius 1 is 1.10 bits per heavy atom. The first-order valence-corrected chi connectivity index (χ1v) is 9.12. The summed E-state index contributed by atoms with van der Waals surface area (Å²) < 4.78 is 15.4. The molecule has 1 atom stereocenters. The van der Waals surface area contributed by atoms with Gasteiger partial charge in [0.2, 0.25) is 7.29 Å². The van der Waals surface area contributed by atoms with Crippen LogP contribution in [0.15, 0.2) is 17.4 Å². The summed E-state index contributed by atoms with van der Waals surface area (Å²) in [6.45, 7) is 23.0. The summed E-state index contributed by atoms with van der Waals surface area (Å²) in [6, 6.07) is 0. The highest BCUT2D eigenvalue weighted by molar-refractivity contribution is 7.64. The van der Waals surface area contributed by atoms with E-state index in [0.29, 0.717) is 6.16 Å². The highest BCUT2D eigenvalue weighted by Crippen LogP contribution is 2.66. The van der Waals surface area contributed by atoms with Crippen molar-refractivity contribution in [2.24, 2.45) is 15.9 Å². The van der Waals surface area contributed by atoms with Crippen LogP contribution in [0.3, 0.4) is 0 Å². The second kappa shape index (κ2) is 4.73. The zero-order chi connectivity index (χ0) is 16.1. The molecule has 116 valence electrons. The lowest BCUT2D eigenvalue weighted by atomic mass is 9.91. The van der Waals surface area contributed by atoms with Gasteiger partial charge in [-0.25, -0.2) is 4.78 Å². The lowest BCUT2D eigenvalue weighted by Gasteiger charge is -2.38. The molecule has 1 heterocycles. The first kappa shape index (κ1) is 17.5. The minimum Gasteiger partial charge on any atom is -0.297 e. The van der Waals surface area contributed by atoms with Gasteiger partial charge in [0, 0.05) is 21.7 Å². The third-order valence-corrected chi connectivity index (χ3v) is 7.67. The minimum atomic E-state index is -2.64. The summed E-state index contributed by atoms with van der Waals surface area (Å²) in [5.41, 5.74) is 1.65. The Bertz CT molecular complexity index is 484. The molecule has 0 saturated heterocycles. The summed E-state index contributed by atoms with van der Waals surface area (Å²) in [5, 5.41) is 4.42. The Morgan fingerprint density at radius 3 is 1.85 bits per heavy atom. The molecule has 0 bridgehead atoms. The third-order valence-electron chi connectivity index (χ3n) is 3.91. The first-order valence-electron chi connectivity index (χ1n) is 7.28. The molecular formula is C16H31N2OP. The smallest absolute Gasteiger partial charge is 0.202 e. The molecule has 0 aromatic heterocycles. The van der Waals surface area contributed by atoms with Crippen LogP contribution < -0.4 is 0 Å². The maximum absolute atomic E-state index is 13.7. The van der Waals surface area contributed by atoms with Crippen LogP contribution >= 0.6 is 7.29 Å². The average molecular weight is 298 g/mol. The molecule has 0 aromatic carbocycles. The molecule has 0 fully saturated rings. The van der Waals surface area contributed by atoms with Gasteiger partial charge in [-0.05, 0) is 0 Å². The van der Waals surface area contributed by atoms with E-state index in [1.54, 1.807) is 4.78 Å². The fraction of sp³-hybridized carbons (Fsp3) is 0.812. The lowest BCUT2D eigenvalue weighted by molar-refractivity contribution is 0.369. The van der Waals surface area contributed by atoms with E-state index in [1.807, 2.05) is 20.8 Å². The number of hydrogen-bond acceptors (Lipinski definition) is 2. The third kappa shape index (κ3) is 3.03. The zero-order valence-corrected chi connectivity index (χ0v) is 15.6. The molecule has 0 radical (unpaired) electrons. The second-order valence-electron chi connectivity index (χ2n) is 8.81. The van der Waals surface area contributed by atoms with Gasteiger partial charge in [-0.15, -0.1) is 0 Å². The van der Waals surface area contributed by atoms with Crippen molar-refractivity contribution in [2.45, 2.75) is 67.5 Å². The molecule has 0 N–H and O–H groups in total. The van der Waals surface area contributed by atoms with Crippen molar-refractivity contribution in [3.05, 3.63) is 12.3 Å². The van der Waals surface area contributed by atoms with E-state index in [4.69, 9.17) is 5.10 Å². The Balaban J connectivity index is 3.37. The molecule has 1 aliphatic rings. The van der Waals surface area contributed by atoms with Crippen LogP contribution in [-0.4, -0.2) is 21.8 Å². The molecule has 3 nitrogen and oxygen atoms in total. The van der Waals surface area contributed by atoms with Crippen molar-refractivity contribution < 1.29 is 4.57 Å². The summed E-state index contributed by atoms with van der Waals surface area (Å²) in [6.07, 6.45) is 0.565. The van der Waals surface area contributed by atoms with E-state index in [9.17, 15) is 4.57 Å². The zero-order valence-electron chi connectivity index (χ0n) is 14.7. The van der Waals surface area contributed by atoms with Crippen LogP contribution in [0.4, 0.5) is 0 Å². The van der Waals surface area contributed by atoms with Crippen LogP contribution in [-0.2, 0) is 4.57 Å². The van der Waals surface area contributed by atoms with Crippen molar-refractivity contribution in [1.82, 2.24) is 4.78 Å². The molecule has 0 aliphatic carbocycles. The predicted molar refractivity (Wildman–Crippen MR) is 89.6 cm³/mol. The Kier molecular flexibility index (Phi) is 4.14. The number of hydrazone groups is 1. The normalized spacial score (nSPS) is 24.9. The van der Waals surface area contributed by atoms with Gasteiger partial charge in [-0.2, -0.15) is 5.10 Å². The van der Waals surface area contributed by atoms with Gasteiger partial charge in [0.1, 0.15) is 0 Å². The van der Waals surface area contributed by atoms with Crippen molar-refractivity contribution in [2.75, 3.05) is 6.16 Å². The van der Waals surface area contributed by atoms with Gasteiger partial charge >= 0.3 is 0 Å². The van der Waals surface area contributed by atoms with Crippen LogP contribution in [0.25, 0.3) is 0 Å². The molecular weight excluding hydrogens is 267 g/mol. The quantitative estimate of drug-likeness (QED) is 0.612. The van der Waals surface area contributed by atoms with Gasteiger partial charge in [-0.3, -0.25) is 4.57 Å². The summed E-state index contributed by atoms with van der Waals surface area (Å²) in [4.78, 5) is 0. The predicted octanol–water partition coefficient (Wildman–Crippen LogP) is 5.34. The molecule has 1 aliphatic heterocycles. The van der Waals surface area contributed by atoms with Gasteiger partial charge in [0.05, 0.1) is 11.9 Å². The SMILES string of the molecule is C=C(N1N=C(C(C)(C)C)CP1(=O)C(C)(C)C)C(C)(C)C. The van der Waals surface area contributed by atoms with E-state index >= 15 is 0 Å². The maximum atomic E-state index is 13.7. The van der Waals surface area contributed by atoms with E-state index in [2.05, 4.69) is 48.1 Å². The standard InChI is InChI=1S/C16H31N2OP/c1-12(14(2,3)4)18-17-13(15(5,6)7)11-20(18,19)16(8,9)10/h1,11H2,2-10H3. The molecule has 0 amide bonds. The fourth-order valence-electron chi connectivity index (χ4n) is 1.95. The monoisotopic (exact) mass is 298 g/mol. The Labute approximate surface area is 124 Å². The van der Waals surface area contributed by atoms with E-state index in [1.165, 1.54) is 0 Å². The first-order chi connectivity index (χ1) is 8.61. The maximum Gasteiger partial charge on any atom is 0.202 e.